The van der Waals surface area contributed by atoms with Gasteiger partial charge in [-0.1, -0.05) is 60.7 Å². The molecule has 32 heavy (non-hydrogen) atoms. The molecule has 0 saturated carbocycles. The molecule has 8 heteroatoms. The van der Waals surface area contributed by atoms with E-state index in [0.717, 1.165) is 11.1 Å². The fourth-order valence-electron chi connectivity index (χ4n) is 3.04. The van der Waals surface area contributed by atoms with Crippen molar-refractivity contribution in [2.75, 3.05) is 6.61 Å². The van der Waals surface area contributed by atoms with Crippen LogP contribution >= 0.6 is 0 Å². The molecule has 0 spiro atoms. The number of ether oxygens (including phenoxy) is 2. The number of ketones is 2. The van der Waals surface area contributed by atoms with Crippen LogP contribution in [0.4, 0.5) is 4.79 Å². The van der Waals surface area contributed by atoms with Crippen LogP contribution in [0, 0.1) is 5.92 Å². The molecule has 2 aromatic rings. The molecular formula is C24H28N2O6. The molecule has 0 saturated heterocycles. The van der Waals surface area contributed by atoms with E-state index < -0.39 is 41.6 Å². The van der Waals surface area contributed by atoms with Crippen LogP contribution < -0.4 is 11.1 Å². The highest BCUT2D eigenvalue weighted by Crippen LogP contribution is 2.12. The van der Waals surface area contributed by atoms with Gasteiger partial charge < -0.3 is 20.5 Å². The average molecular weight is 440 g/mol. The Morgan fingerprint density at radius 1 is 0.875 bits per heavy atom. The first-order chi connectivity index (χ1) is 15.3. The van der Waals surface area contributed by atoms with Crippen LogP contribution in [0.1, 0.15) is 25.0 Å². The monoisotopic (exact) mass is 440 g/mol. The first-order valence-corrected chi connectivity index (χ1v) is 10.3. The van der Waals surface area contributed by atoms with Crippen LogP contribution in [0.3, 0.4) is 0 Å². The number of carbonyl (C=O) groups excluding carboxylic acids is 4. The topological polar surface area (TPSA) is 125 Å². The third kappa shape index (κ3) is 7.31. The predicted octanol–water partition coefficient (Wildman–Crippen LogP) is 2.19. The van der Waals surface area contributed by atoms with E-state index in [1.165, 1.54) is 6.92 Å². The fraction of sp³-hybridized carbons (Fsp3) is 0.333. The normalized spacial score (nSPS) is 13.3. The Labute approximate surface area is 187 Å². The van der Waals surface area contributed by atoms with E-state index in [1.54, 1.807) is 43.3 Å². The maximum atomic E-state index is 13.1. The Hall–Kier alpha value is -3.52. The molecule has 0 aromatic heterocycles. The average Bonchev–Trinajstić information content (AvgIpc) is 2.82. The first kappa shape index (κ1) is 24.7. The molecule has 0 aliphatic rings. The van der Waals surface area contributed by atoms with E-state index in [2.05, 4.69) is 5.32 Å². The third-order valence-corrected chi connectivity index (χ3v) is 4.83. The minimum absolute atomic E-state index is 0.0289. The summed E-state index contributed by atoms with van der Waals surface area (Å²) in [5.41, 5.74) is 7.23. The quantitative estimate of drug-likeness (QED) is 0.405. The molecule has 0 aliphatic carbocycles. The van der Waals surface area contributed by atoms with Gasteiger partial charge in [0.25, 0.3) is 0 Å². The summed E-state index contributed by atoms with van der Waals surface area (Å²) in [6, 6.07) is 15.5. The summed E-state index contributed by atoms with van der Waals surface area (Å²) in [5, 5.41) is 2.54. The van der Waals surface area contributed by atoms with Crippen molar-refractivity contribution < 1.29 is 28.7 Å². The zero-order valence-corrected chi connectivity index (χ0v) is 18.2. The summed E-state index contributed by atoms with van der Waals surface area (Å²) < 4.78 is 9.98. The van der Waals surface area contributed by atoms with Gasteiger partial charge in [0, 0.05) is 0 Å². The highest BCUT2D eigenvalue weighted by molar-refractivity contribution is 6.13. The molecule has 8 nitrogen and oxygen atoms in total. The molecule has 0 bridgehead atoms. The van der Waals surface area contributed by atoms with Crippen LogP contribution in [0.2, 0.25) is 0 Å². The van der Waals surface area contributed by atoms with E-state index in [0.29, 0.717) is 0 Å². The Morgan fingerprint density at radius 2 is 1.44 bits per heavy atom. The van der Waals surface area contributed by atoms with Gasteiger partial charge in [0.15, 0.2) is 17.6 Å². The van der Waals surface area contributed by atoms with Crippen molar-refractivity contribution in [3.05, 3.63) is 71.8 Å². The van der Waals surface area contributed by atoms with Crippen LogP contribution in [-0.2, 0) is 36.9 Å². The fourth-order valence-corrected chi connectivity index (χ4v) is 3.04. The highest BCUT2D eigenvalue weighted by atomic mass is 16.5. The smallest absolute Gasteiger partial charge is 0.408 e. The van der Waals surface area contributed by atoms with Gasteiger partial charge in [0.2, 0.25) is 0 Å². The summed E-state index contributed by atoms with van der Waals surface area (Å²) in [7, 11) is 0. The lowest BCUT2D eigenvalue weighted by atomic mass is 9.89. The van der Waals surface area contributed by atoms with Gasteiger partial charge >= 0.3 is 12.1 Å². The van der Waals surface area contributed by atoms with Crippen LogP contribution in [-0.4, -0.2) is 42.3 Å². The maximum Gasteiger partial charge on any atom is 0.408 e. The van der Waals surface area contributed by atoms with Crippen molar-refractivity contribution in [3.63, 3.8) is 0 Å². The first-order valence-electron chi connectivity index (χ1n) is 10.3. The number of Topliss-reactive ketones (excluding diaryl/α,β-unsaturated/α-hetero) is 2. The van der Waals surface area contributed by atoms with Gasteiger partial charge in [0.1, 0.15) is 6.61 Å². The standard InChI is InChI=1S/C24H28N2O6/c1-3-31-23(29)20(25)22(28)16(2)21(27)19(14-17-10-6-4-7-11-17)26-24(30)32-15-18-12-8-5-9-13-18/h4-13,16,19-20H,3,14-15,25H2,1-2H3,(H,26,30)/t16?,19-,20?/m0/s1. The van der Waals surface area contributed by atoms with Crippen molar-refractivity contribution in [1.82, 2.24) is 5.32 Å². The van der Waals surface area contributed by atoms with E-state index in [-0.39, 0.29) is 19.6 Å². The van der Waals surface area contributed by atoms with Gasteiger partial charge in [-0.05, 0) is 31.4 Å². The third-order valence-electron chi connectivity index (χ3n) is 4.83. The molecule has 0 heterocycles. The SMILES string of the molecule is CCOC(=O)C(N)C(=O)C(C)C(=O)[C@H](Cc1ccccc1)NC(=O)OCc1ccccc1. The molecule has 3 atom stereocenters. The second-order valence-corrected chi connectivity index (χ2v) is 7.20. The molecule has 2 unspecified atom stereocenters. The summed E-state index contributed by atoms with van der Waals surface area (Å²) in [6.07, 6.45) is -0.649. The number of nitrogens with two attached hydrogens (primary N) is 1. The Balaban J connectivity index is 2.10. The summed E-state index contributed by atoms with van der Waals surface area (Å²) in [5.74, 6) is -3.47. The molecule has 1 amide bonds. The lowest BCUT2D eigenvalue weighted by Gasteiger charge is -2.22. The Morgan fingerprint density at radius 3 is 2.00 bits per heavy atom. The number of esters is 1. The molecule has 2 rings (SSSR count). The van der Waals surface area contributed by atoms with Gasteiger partial charge in [-0.2, -0.15) is 0 Å². The number of nitrogens with one attached hydrogen (secondary N) is 1. The van der Waals surface area contributed by atoms with Crippen molar-refractivity contribution in [3.8, 4) is 0 Å². The van der Waals surface area contributed by atoms with Gasteiger partial charge in [0.05, 0.1) is 18.6 Å². The largest absolute Gasteiger partial charge is 0.464 e. The summed E-state index contributed by atoms with van der Waals surface area (Å²) in [4.78, 5) is 49.8. The maximum absolute atomic E-state index is 13.1. The van der Waals surface area contributed by atoms with E-state index >= 15 is 0 Å². The number of hydrogen-bond donors (Lipinski definition) is 2. The van der Waals surface area contributed by atoms with Crippen LogP contribution in [0.15, 0.2) is 60.7 Å². The molecule has 170 valence electrons. The van der Waals surface area contributed by atoms with Crippen molar-refractivity contribution in [1.29, 1.82) is 0 Å². The number of carbonyl (C=O) groups is 4. The number of rotatable bonds is 11. The van der Waals surface area contributed by atoms with Crippen molar-refractivity contribution in [2.45, 2.75) is 39.0 Å². The van der Waals surface area contributed by atoms with Gasteiger partial charge in [-0.3, -0.25) is 9.59 Å². The van der Waals surface area contributed by atoms with Crippen LogP contribution in [0.25, 0.3) is 0 Å². The van der Waals surface area contributed by atoms with Crippen molar-refractivity contribution >= 4 is 23.6 Å². The van der Waals surface area contributed by atoms with E-state index in [9.17, 15) is 19.2 Å². The lowest BCUT2D eigenvalue weighted by molar-refractivity contribution is -0.148. The minimum atomic E-state index is -1.57. The van der Waals surface area contributed by atoms with Gasteiger partial charge in [-0.15, -0.1) is 0 Å². The lowest BCUT2D eigenvalue weighted by Crippen LogP contribution is -2.50. The van der Waals surface area contributed by atoms with E-state index in [1.807, 2.05) is 24.3 Å². The number of amides is 1. The number of alkyl carbamates (subject to hydrolysis) is 1. The van der Waals surface area contributed by atoms with Gasteiger partial charge in [-0.25, -0.2) is 9.59 Å². The molecule has 0 radical (unpaired) electrons. The zero-order chi connectivity index (χ0) is 23.5. The predicted molar refractivity (Wildman–Crippen MR) is 117 cm³/mol. The molecule has 2 aromatic carbocycles. The summed E-state index contributed by atoms with van der Waals surface area (Å²) >= 11 is 0. The molecule has 0 aliphatic heterocycles. The molecule has 0 fully saturated rings. The van der Waals surface area contributed by atoms with Crippen LogP contribution in [0.5, 0.6) is 0 Å². The second kappa shape index (κ2) is 12.4. The summed E-state index contributed by atoms with van der Waals surface area (Å²) in [6.45, 7) is 3.04. The van der Waals surface area contributed by atoms with E-state index in [4.69, 9.17) is 15.2 Å². The molecule has 3 N–H and O–H groups in total. The minimum Gasteiger partial charge on any atom is -0.464 e. The number of benzene rings is 2. The van der Waals surface area contributed by atoms with Crippen molar-refractivity contribution in [2.24, 2.45) is 11.7 Å². The zero-order valence-electron chi connectivity index (χ0n) is 18.2. The molecular weight excluding hydrogens is 412 g/mol. The Bertz CT molecular complexity index is 917. The highest BCUT2D eigenvalue weighted by Gasteiger charge is 2.35. The Kier molecular flexibility index (Phi) is 9.56. The number of hydrogen-bond acceptors (Lipinski definition) is 7. The second-order valence-electron chi connectivity index (χ2n) is 7.20.